The Morgan fingerprint density at radius 1 is 1.38 bits per heavy atom. The standard InChI is InChI=1S/C11H19N3O2/c1-5-11(3,12)6-16-10-8(2)9(15-4)13-7-14-10/h7H,5-6,12H2,1-4H3. The van der Waals surface area contributed by atoms with E-state index in [1.54, 1.807) is 7.11 Å². The minimum absolute atomic E-state index is 0.343. The molecule has 0 spiro atoms. The molecule has 1 aromatic rings. The Morgan fingerprint density at radius 3 is 2.56 bits per heavy atom. The van der Waals surface area contributed by atoms with Gasteiger partial charge in [0.05, 0.1) is 12.7 Å². The van der Waals surface area contributed by atoms with E-state index >= 15 is 0 Å². The van der Waals surface area contributed by atoms with E-state index in [-0.39, 0.29) is 5.54 Å². The molecule has 0 amide bonds. The summed E-state index contributed by atoms with van der Waals surface area (Å²) in [6.45, 7) is 6.25. The van der Waals surface area contributed by atoms with Gasteiger partial charge >= 0.3 is 0 Å². The molecule has 1 aromatic heterocycles. The van der Waals surface area contributed by atoms with Gasteiger partial charge in [-0.15, -0.1) is 0 Å². The average molecular weight is 225 g/mol. The van der Waals surface area contributed by atoms with Crippen LogP contribution in [0.15, 0.2) is 6.33 Å². The molecule has 0 aliphatic heterocycles. The first-order valence-electron chi connectivity index (χ1n) is 5.27. The van der Waals surface area contributed by atoms with Crippen LogP contribution in [0.3, 0.4) is 0 Å². The molecule has 1 unspecified atom stereocenters. The first kappa shape index (κ1) is 12.7. The fraction of sp³-hybridized carbons (Fsp3) is 0.636. The van der Waals surface area contributed by atoms with E-state index in [0.717, 1.165) is 12.0 Å². The molecule has 5 nitrogen and oxygen atoms in total. The molecule has 0 aliphatic carbocycles. The number of rotatable bonds is 5. The quantitative estimate of drug-likeness (QED) is 0.817. The number of ether oxygens (including phenoxy) is 2. The van der Waals surface area contributed by atoms with Crippen molar-refractivity contribution in [2.24, 2.45) is 5.73 Å². The van der Waals surface area contributed by atoms with Crippen LogP contribution in [0.5, 0.6) is 11.8 Å². The van der Waals surface area contributed by atoms with E-state index in [9.17, 15) is 0 Å². The highest BCUT2D eigenvalue weighted by atomic mass is 16.5. The Morgan fingerprint density at radius 2 is 2.00 bits per heavy atom. The van der Waals surface area contributed by atoms with Gasteiger partial charge in [0.2, 0.25) is 11.8 Å². The molecule has 90 valence electrons. The second-order valence-corrected chi connectivity index (χ2v) is 4.11. The molecule has 0 bridgehead atoms. The Labute approximate surface area is 96.0 Å². The predicted octanol–water partition coefficient (Wildman–Crippen LogP) is 1.30. The molecular weight excluding hydrogens is 206 g/mol. The van der Waals surface area contributed by atoms with Crippen LogP contribution in [0.1, 0.15) is 25.8 Å². The van der Waals surface area contributed by atoms with Crippen molar-refractivity contribution in [3.05, 3.63) is 11.9 Å². The van der Waals surface area contributed by atoms with Gasteiger partial charge in [-0.3, -0.25) is 0 Å². The second kappa shape index (κ2) is 5.12. The third-order valence-corrected chi connectivity index (χ3v) is 2.53. The van der Waals surface area contributed by atoms with E-state index < -0.39 is 0 Å². The molecule has 5 heteroatoms. The van der Waals surface area contributed by atoms with Crippen LogP contribution in [-0.2, 0) is 0 Å². The summed E-state index contributed by atoms with van der Waals surface area (Å²) in [4.78, 5) is 8.03. The summed E-state index contributed by atoms with van der Waals surface area (Å²) < 4.78 is 10.7. The van der Waals surface area contributed by atoms with E-state index in [0.29, 0.717) is 18.4 Å². The molecule has 0 saturated heterocycles. The number of nitrogens with two attached hydrogens (primary N) is 1. The first-order chi connectivity index (χ1) is 7.50. The topological polar surface area (TPSA) is 70.3 Å². The Balaban J connectivity index is 2.75. The molecule has 1 heterocycles. The summed E-state index contributed by atoms with van der Waals surface area (Å²) in [6, 6.07) is 0. The minimum atomic E-state index is -0.343. The average Bonchev–Trinajstić information content (AvgIpc) is 2.28. The highest BCUT2D eigenvalue weighted by molar-refractivity contribution is 5.32. The zero-order valence-corrected chi connectivity index (χ0v) is 10.3. The van der Waals surface area contributed by atoms with Gasteiger partial charge in [0.15, 0.2) is 0 Å². The minimum Gasteiger partial charge on any atom is -0.481 e. The first-order valence-corrected chi connectivity index (χ1v) is 5.27. The Hall–Kier alpha value is -1.36. The Bertz CT molecular complexity index is 353. The fourth-order valence-corrected chi connectivity index (χ4v) is 1.11. The van der Waals surface area contributed by atoms with Crippen molar-refractivity contribution < 1.29 is 9.47 Å². The lowest BCUT2D eigenvalue weighted by molar-refractivity contribution is 0.215. The molecule has 1 atom stereocenters. The van der Waals surface area contributed by atoms with Crippen molar-refractivity contribution in [2.45, 2.75) is 32.7 Å². The van der Waals surface area contributed by atoms with Crippen LogP contribution in [0.2, 0.25) is 0 Å². The van der Waals surface area contributed by atoms with Crippen molar-refractivity contribution in [1.29, 1.82) is 0 Å². The van der Waals surface area contributed by atoms with Crippen LogP contribution < -0.4 is 15.2 Å². The summed E-state index contributed by atoms with van der Waals surface area (Å²) in [6.07, 6.45) is 2.26. The lowest BCUT2D eigenvalue weighted by Gasteiger charge is -2.22. The van der Waals surface area contributed by atoms with E-state index in [1.807, 2.05) is 20.8 Å². The summed E-state index contributed by atoms with van der Waals surface area (Å²) in [5.41, 5.74) is 6.43. The maximum absolute atomic E-state index is 5.98. The van der Waals surface area contributed by atoms with Gasteiger partial charge in [0.1, 0.15) is 12.9 Å². The third kappa shape index (κ3) is 3.06. The maximum Gasteiger partial charge on any atom is 0.223 e. The molecule has 16 heavy (non-hydrogen) atoms. The zero-order chi connectivity index (χ0) is 12.2. The maximum atomic E-state index is 5.98. The van der Waals surface area contributed by atoms with E-state index in [2.05, 4.69) is 9.97 Å². The van der Waals surface area contributed by atoms with Gasteiger partial charge in [-0.25, -0.2) is 9.97 Å². The van der Waals surface area contributed by atoms with Crippen LogP contribution in [0, 0.1) is 6.92 Å². The van der Waals surface area contributed by atoms with Gasteiger partial charge in [0, 0.05) is 5.54 Å². The molecule has 0 aromatic carbocycles. The van der Waals surface area contributed by atoms with Crippen molar-refractivity contribution >= 4 is 0 Å². The number of nitrogens with zero attached hydrogens (tertiary/aromatic N) is 2. The number of hydrogen-bond donors (Lipinski definition) is 1. The molecular formula is C11H19N3O2. The summed E-state index contributed by atoms with van der Waals surface area (Å²) >= 11 is 0. The van der Waals surface area contributed by atoms with Crippen LogP contribution in [-0.4, -0.2) is 29.2 Å². The summed E-state index contributed by atoms with van der Waals surface area (Å²) in [5, 5.41) is 0. The summed E-state index contributed by atoms with van der Waals surface area (Å²) in [7, 11) is 1.57. The molecule has 1 rings (SSSR count). The monoisotopic (exact) mass is 225 g/mol. The van der Waals surface area contributed by atoms with Crippen molar-refractivity contribution in [1.82, 2.24) is 9.97 Å². The summed E-state index contributed by atoms with van der Waals surface area (Å²) in [5.74, 6) is 1.05. The predicted molar refractivity (Wildman–Crippen MR) is 61.7 cm³/mol. The fourth-order valence-electron chi connectivity index (χ4n) is 1.11. The van der Waals surface area contributed by atoms with Gasteiger partial charge < -0.3 is 15.2 Å². The van der Waals surface area contributed by atoms with Crippen LogP contribution in [0.4, 0.5) is 0 Å². The van der Waals surface area contributed by atoms with Gasteiger partial charge in [-0.2, -0.15) is 0 Å². The molecule has 2 N–H and O–H groups in total. The van der Waals surface area contributed by atoms with E-state index in [1.165, 1.54) is 6.33 Å². The number of hydrogen-bond acceptors (Lipinski definition) is 5. The molecule has 0 fully saturated rings. The highest BCUT2D eigenvalue weighted by Crippen LogP contribution is 2.22. The molecule has 0 saturated carbocycles. The lowest BCUT2D eigenvalue weighted by Crippen LogP contribution is -2.41. The highest BCUT2D eigenvalue weighted by Gasteiger charge is 2.18. The second-order valence-electron chi connectivity index (χ2n) is 4.11. The molecule has 0 radical (unpaired) electrons. The van der Waals surface area contributed by atoms with Crippen LogP contribution >= 0.6 is 0 Å². The number of aromatic nitrogens is 2. The van der Waals surface area contributed by atoms with Crippen molar-refractivity contribution in [2.75, 3.05) is 13.7 Å². The van der Waals surface area contributed by atoms with Gasteiger partial charge in [0.25, 0.3) is 0 Å². The van der Waals surface area contributed by atoms with Gasteiger partial charge in [-0.1, -0.05) is 6.92 Å². The third-order valence-electron chi connectivity index (χ3n) is 2.53. The van der Waals surface area contributed by atoms with Crippen LogP contribution in [0.25, 0.3) is 0 Å². The molecule has 0 aliphatic rings. The largest absolute Gasteiger partial charge is 0.481 e. The number of methoxy groups -OCH3 is 1. The smallest absolute Gasteiger partial charge is 0.223 e. The van der Waals surface area contributed by atoms with Crippen molar-refractivity contribution in [3.63, 3.8) is 0 Å². The zero-order valence-electron chi connectivity index (χ0n) is 10.3. The van der Waals surface area contributed by atoms with Gasteiger partial charge in [-0.05, 0) is 20.3 Å². The Kier molecular flexibility index (Phi) is 4.06. The normalized spacial score (nSPS) is 14.3. The SMILES string of the molecule is CCC(C)(N)COc1ncnc(OC)c1C. The lowest BCUT2D eigenvalue weighted by atomic mass is 10.0. The van der Waals surface area contributed by atoms with Crippen molar-refractivity contribution in [3.8, 4) is 11.8 Å². The van der Waals surface area contributed by atoms with E-state index in [4.69, 9.17) is 15.2 Å².